The lowest BCUT2D eigenvalue weighted by atomic mass is 9.70. The van der Waals surface area contributed by atoms with E-state index in [9.17, 15) is 17.7 Å². The van der Waals surface area contributed by atoms with Gasteiger partial charge in [-0.05, 0) is 56.6 Å². The molecular weight excluding hydrogens is 476 g/mol. The van der Waals surface area contributed by atoms with E-state index in [0.717, 1.165) is 19.3 Å². The Kier molecular flexibility index (Phi) is 5.09. The molecule has 9 heteroatoms. The molecule has 3 aliphatic heterocycles. The van der Waals surface area contributed by atoms with Gasteiger partial charge in [0, 0.05) is 22.0 Å². The molecule has 7 nitrogen and oxygen atoms in total. The van der Waals surface area contributed by atoms with Crippen molar-refractivity contribution in [3.05, 3.63) is 30.3 Å². The third-order valence-electron chi connectivity index (χ3n) is 9.62. The van der Waals surface area contributed by atoms with Crippen LogP contribution in [0, 0.1) is 16.7 Å². The van der Waals surface area contributed by atoms with Gasteiger partial charge in [0.25, 0.3) is 0 Å². The highest BCUT2D eigenvalue weighted by Crippen LogP contribution is 2.66. The highest BCUT2D eigenvalue weighted by atomic mass is 32.2. The van der Waals surface area contributed by atoms with E-state index < -0.39 is 72.9 Å². The zero-order valence-electron chi connectivity index (χ0n) is 20.0. The lowest BCUT2D eigenvalue weighted by Crippen LogP contribution is -2.57. The number of hydrogen-bond acceptors (Lipinski definition) is 7. The topological polar surface area (TPSA) is 99.1 Å². The van der Waals surface area contributed by atoms with Gasteiger partial charge in [-0.3, -0.25) is 4.21 Å². The van der Waals surface area contributed by atoms with Gasteiger partial charge in [-0.2, -0.15) is 0 Å². The molecule has 10 atom stereocenters. The van der Waals surface area contributed by atoms with Gasteiger partial charge in [-0.1, -0.05) is 32.0 Å². The SMILES string of the molecule is CC1(C)O[C@@H]2[C@H](O1)[C@@H]1O[C@H]2[C@@H](S(=O)(=O)c2ccccc2)[C@@H]1S(=O)C[C@]12CC[C@H](C[C@H]1O)C2(C)C. The zero-order chi connectivity index (χ0) is 24.3. The van der Waals surface area contributed by atoms with E-state index in [0.29, 0.717) is 5.92 Å². The molecule has 188 valence electrons. The molecule has 6 rings (SSSR count). The van der Waals surface area contributed by atoms with Gasteiger partial charge in [0.05, 0.1) is 16.2 Å². The summed E-state index contributed by atoms with van der Waals surface area (Å²) >= 11 is 0. The Balaban J connectivity index is 1.39. The first-order valence-corrected chi connectivity index (χ1v) is 15.2. The van der Waals surface area contributed by atoms with Crippen LogP contribution in [0.1, 0.15) is 47.0 Å². The Hall–Kier alpha value is -0.840. The molecule has 0 radical (unpaired) electrons. The van der Waals surface area contributed by atoms with Crippen molar-refractivity contribution in [3.8, 4) is 0 Å². The van der Waals surface area contributed by atoms with Crippen molar-refractivity contribution < 1.29 is 31.9 Å². The van der Waals surface area contributed by atoms with Gasteiger partial charge in [0.2, 0.25) is 0 Å². The van der Waals surface area contributed by atoms with Crippen molar-refractivity contribution in [1.29, 1.82) is 0 Å². The molecule has 0 aromatic heterocycles. The lowest BCUT2D eigenvalue weighted by Gasteiger charge is -2.42. The quantitative estimate of drug-likeness (QED) is 0.650. The van der Waals surface area contributed by atoms with Crippen molar-refractivity contribution in [3.63, 3.8) is 0 Å². The highest BCUT2D eigenvalue weighted by Gasteiger charge is 2.71. The number of fused-ring (bicyclic) bond motifs is 7. The smallest absolute Gasteiger partial charge is 0.185 e. The molecular formula is C25H34O7S2. The molecule has 0 amide bonds. The molecule has 1 aromatic carbocycles. The fourth-order valence-electron chi connectivity index (χ4n) is 7.71. The summed E-state index contributed by atoms with van der Waals surface area (Å²) in [6.45, 7) is 7.96. The number of benzene rings is 1. The zero-order valence-corrected chi connectivity index (χ0v) is 21.7. The Morgan fingerprint density at radius 1 is 1.03 bits per heavy atom. The van der Waals surface area contributed by atoms with E-state index in [1.54, 1.807) is 30.3 Å². The van der Waals surface area contributed by atoms with Crippen LogP contribution < -0.4 is 0 Å². The Morgan fingerprint density at radius 3 is 2.26 bits per heavy atom. The summed E-state index contributed by atoms with van der Waals surface area (Å²) in [5.74, 6) is -0.179. The summed E-state index contributed by atoms with van der Waals surface area (Å²) in [7, 11) is -5.40. The molecule has 3 heterocycles. The minimum absolute atomic E-state index is 0.147. The second kappa shape index (κ2) is 7.35. The minimum atomic E-state index is -3.85. The summed E-state index contributed by atoms with van der Waals surface area (Å²) in [5.41, 5.74) is -0.622. The van der Waals surface area contributed by atoms with Crippen LogP contribution in [0.2, 0.25) is 0 Å². The molecule has 34 heavy (non-hydrogen) atoms. The first kappa shape index (κ1) is 23.6. The van der Waals surface area contributed by atoms with Gasteiger partial charge in [-0.25, -0.2) is 8.42 Å². The summed E-state index contributed by atoms with van der Waals surface area (Å²) in [4.78, 5) is 0.202. The molecule has 1 aromatic rings. The molecule has 5 aliphatic rings. The largest absolute Gasteiger partial charge is 0.392 e. The molecule has 1 N–H and O–H groups in total. The number of ether oxygens (including phenoxy) is 3. The van der Waals surface area contributed by atoms with E-state index in [1.807, 2.05) is 13.8 Å². The second-order valence-electron chi connectivity index (χ2n) is 11.8. The number of sulfone groups is 1. The van der Waals surface area contributed by atoms with Crippen molar-refractivity contribution in [2.24, 2.45) is 16.7 Å². The Morgan fingerprint density at radius 2 is 1.68 bits per heavy atom. The maximum atomic E-state index is 14.2. The molecule has 1 unspecified atom stereocenters. The molecule has 4 bridgehead atoms. The van der Waals surface area contributed by atoms with E-state index in [1.165, 1.54) is 0 Å². The average molecular weight is 511 g/mol. The summed E-state index contributed by atoms with van der Waals surface area (Å²) in [6, 6.07) is 8.33. The van der Waals surface area contributed by atoms with Crippen LogP contribution in [-0.4, -0.2) is 70.3 Å². The Bertz CT molecular complexity index is 1120. The number of aliphatic hydroxyl groups is 1. The van der Waals surface area contributed by atoms with Crippen LogP contribution in [0.4, 0.5) is 0 Å². The predicted octanol–water partition coefficient (Wildman–Crippen LogP) is 2.43. The number of hydrogen-bond donors (Lipinski definition) is 1. The van der Waals surface area contributed by atoms with E-state index >= 15 is 0 Å². The van der Waals surface area contributed by atoms with Crippen molar-refractivity contribution >= 4 is 20.6 Å². The lowest BCUT2D eigenvalue weighted by molar-refractivity contribution is -0.176. The van der Waals surface area contributed by atoms with Gasteiger partial charge >= 0.3 is 0 Å². The van der Waals surface area contributed by atoms with E-state index in [2.05, 4.69) is 13.8 Å². The minimum Gasteiger partial charge on any atom is -0.392 e. The van der Waals surface area contributed by atoms with Crippen LogP contribution in [-0.2, 0) is 34.8 Å². The molecule has 5 fully saturated rings. The van der Waals surface area contributed by atoms with E-state index in [-0.39, 0.29) is 16.1 Å². The number of aliphatic hydroxyl groups excluding tert-OH is 1. The van der Waals surface area contributed by atoms with Crippen LogP contribution >= 0.6 is 0 Å². The van der Waals surface area contributed by atoms with Crippen LogP contribution in [0.15, 0.2) is 35.2 Å². The monoisotopic (exact) mass is 510 g/mol. The maximum absolute atomic E-state index is 14.2. The summed E-state index contributed by atoms with van der Waals surface area (Å²) in [5, 5.41) is 9.29. The number of rotatable bonds is 5. The average Bonchev–Trinajstić information content (AvgIpc) is 3.50. The second-order valence-corrected chi connectivity index (χ2v) is 15.5. The fourth-order valence-corrected chi connectivity index (χ4v) is 12.8. The highest BCUT2D eigenvalue weighted by molar-refractivity contribution is 7.94. The normalized spacial score (nSPS) is 46.6. The van der Waals surface area contributed by atoms with Gasteiger partial charge in [-0.15, -0.1) is 0 Å². The third kappa shape index (κ3) is 3.00. The van der Waals surface area contributed by atoms with Crippen molar-refractivity contribution in [1.82, 2.24) is 0 Å². The predicted molar refractivity (Wildman–Crippen MR) is 126 cm³/mol. The molecule has 3 saturated heterocycles. The third-order valence-corrected chi connectivity index (χ3v) is 14.0. The standard InChI is InChI=1S/C25H34O7S2/c1-23(2)14-10-11-25(23,16(26)12-14)13-33(27)21-19-17-18(32-24(3,4)31-17)20(30-19)22(21)34(28,29)15-8-6-5-7-9-15/h5-9,14,16-22,26H,10-13H2,1-4H3/t14-,16-,17+,18-,19+,20-,21-,22-,25-,33?/m1/s1. The van der Waals surface area contributed by atoms with Crippen LogP contribution in [0.3, 0.4) is 0 Å². The summed E-state index contributed by atoms with van der Waals surface area (Å²) in [6.07, 6.45) is -0.316. The van der Waals surface area contributed by atoms with Gasteiger partial charge in [0.15, 0.2) is 15.6 Å². The molecule has 2 aliphatic carbocycles. The maximum Gasteiger partial charge on any atom is 0.185 e. The van der Waals surface area contributed by atoms with E-state index in [4.69, 9.17) is 14.2 Å². The first-order chi connectivity index (χ1) is 15.9. The summed E-state index contributed by atoms with van der Waals surface area (Å²) < 4.78 is 60.5. The fraction of sp³-hybridized carbons (Fsp3) is 0.760. The van der Waals surface area contributed by atoms with Crippen LogP contribution in [0.25, 0.3) is 0 Å². The van der Waals surface area contributed by atoms with Gasteiger partial charge < -0.3 is 19.3 Å². The molecule has 0 spiro atoms. The Labute approximate surface area is 203 Å². The molecule has 2 saturated carbocycles. The first-order valence-electron chi connectivity index (χ1n) is 12.2. The van der Waals surface area contributed by atoms with Crippen molar-refractivity contribution in [2.75, 3.05) is 5.75 Å². The van der Waals surface area contributed by atoms with Gasteiger partial charge in [0.1, 0.15) is 29.7 Å². The van der Waals surface area contributed by atoms with Crippen LogP contribution in [0.5, 0.6) is 0 Å². The van der Waals surface area contributed by atoms with Crippen molar-refractivity contribution in [2.45, 2.75) is 98.7 Å².